The van der Waals surface area contributed by atoms with E-state index in [0.29, 0.717) is 6.54 Å². The van der Waals surface area contributed by atoms with Gasteiger partial charge in [-0.25, -0.2) is 0 Å². The van der Waals surface area contributed by atoms with Crippen LogP contribution in [0.4, 0.5) is 0 Å². The molecule has 1 unspecified atom stereocenters. The summed E-state index contributed by atoms with van der Waals surface area (Å²) in [6, 6.07) is 12.0. The molecule has 1 amide bonds. The Morgan fingerprint density at radius 1 is 1.19 bits per heavy atom. The normalized spacial score (nSPS) is 12.0. The Morgan fingerprint density at radius 2 is 1.90 bits per heavy atom. The third-order valence-corrected chi connectivity index (χ3v) is 4.33. The smallest absolute Gasteiger partial charge is 0.249 e. The van der Waals surface area contributed by atoms with Crippen molar-refractivity contribution in [3.05, 3.63) is 41.3 Å². The fraction of sp³-hybridized carbons (Fsp3) is 0.312. The van der Waals surface area contributed by atoms with Crippen molar-refractivity contribution >= 4 is 17.2 Å². The van der Waals surface area contributed by atoms with Crippen LogP contribution in [0.1, 0.15) is 11.8 Å². The van der Waals surface area contributed by atoms with Crippen LogP contribution in [0.3, 0.4) is 0 Å². The summed E-state index contributed by atoms with van der Waals surface area (Å²) in [6.45, 7) is 2.25. The zero-order valence-electron chi connectivity index (χ0n) is 12.4. The molecule has 1 atom stereocenters. The van der Waals surface area contributed by atoms with E-state index in [2.05, 4.69) is 11.4 Å². The zero-order chi connectivity index (χ0) is 15.2. The lowest BCUT2D eigenvalue weighted by molar-refractivity contribution is -0.130. The molecule has 0 saturated carbocycles. The quantitative estimate of drug-likeness (QED) is 0.892. The topological polar surface area (TPSA) is 47.6 Å². The van der Waals surface area contributed by atoms with Gasteiger partial charge in [0.05, 0.1) is 13.7 Å². The van der Waals surface area contributed by atoms with Crippen LogP contribution in [0.2, 0.25) is 0 Å². The first-order valence-electron chi connectivity index (χ1n) is 6.67. The molecule has 0 aliphatic rings. The molecule has 0 spiro atoms. The number of benzene rings is 1. The number of carbonyl (C=O) groups is 1. The van der Waals surface area contributed by atoms with Gasteiger partial charge < -0.3 is 14.8 Å². The van der Waals surface area contributed by atoms with Gasteiger partial charge in [0.25, 0.3) is 0 Å². The van der Waals surface area contributed by atoms with Crippen molar-refractivity contribution in [3.63, 3.8) is 0 Å². The lowest BCUT2D eigenvalue weighted by Crippen LogP contribution is -2.33. The molecule has 0 aliphatic heterocycles. The minimum Gasteiger partial charge on any atom is -0.497 e. The molecule has 21 heavy (non-hydrogen) atoms. The van der Waals surface area contributed by atoms with E-state index in [0.717, 1.165) is 16.2 Å². The van der Waals surface area contributed by atoms with Gasteiger partial charge in [-0.05, 0) is 48.9 Å². The van der Waals surface area contributed by atoms with E-state index >= 15 is 0 Å². The van der Waals surface area contributed by atoms with Gasteiger partial charge in [-0.3, -0.25) is 4.79 Å². The van der Waals surface area contributed by atoms with Gasteiger partial charge in [0, 0.05) is 16.9 Å². The number of ether oxygens (including phenoxy) is 2. The molecule has 2 aromatic rings. The molecule has 0 radical (unpaired) electrons. The van der Waals surface area contributed by atoms with Crippen molar-refractivity contribution in [2.24, 2.45) is 0 Å². The molecule has 2 rings (SSSR count). The van der Waals surface area contributed by atoms with E-state index in [4.69, 9.17) is 9.47 Å². The molecule has 5 heteroatoms. The highest BCUT2D eigenvalue weighted by atomic mass is 32.1. The van der Waals surface area contributed by atoms with Crippen LogP contribution < -0.4 is 10.1 Å². The van der Waals surface area contributed by atoms with Crippen molar-refractivity contribution in [2.75, 3.05) is 14.2 Å². The van der Waals surface area contributed by atoms with E-state index in [1.165, 1.54) is 12.0 Å². The summed E-state index contributed by atoms with van der Waals surface area (Å²) in [6.07, 6.45) is -0.425. The average molecular weight is 305 g/mol. The summed E-state index contributed by atoms with van der Waals surface area (Å²) in [5.41, 5.74) is 1.14. The van der Waals surface area contributed by atoms with Gasteiger partial charge in [-0.15, -0.1) is 11.3 Å². The summed E-state index contributed by atoms with van der Waals surface area (Å²) in [5.74, 6) is 0.744. The number of carbonyl (C=O) groups excluding carboxylic acids is 1. The Kier molecular flexibility index (Phi) is 5.36. The third-order valence-electron chi connectivity index (χ3n) is 3.20. The summed E-state index contributed by atoms with van der Waals surface area (Å²) in [4.78, 5) is 13.9. The fourth-order valence-corrected chi connectivity index (χ4v) is 2.76. The van der Waals surface area contributed by atoms with Crippen LogP contribution in [-0.2, 0) is 16.1 Å². The molecule has 1 N–H and O–H groups in total. The van der Waals surface area contributed by atoms with Crippen molar-refractivity contribution in [1.29, 1.82) is 0 Å². The predicted molar refractivity (Wildman–Crippen MR) is 84.6 cm³/mol. The summed E-state index contributed by atoms with van der Waals surface area (Å²) >= 11 is 1.66. The number of thiophene rings is 1. The SMILES string of the molecule is COc1ccc(-c2ccc(CNC(=O)C(C)OC)s2)cc1. The molecular weight excluding hydrogens is 286 g/mol. The van der Waals surface area contributed by atoms with Crippen LogP contribution in [0.15, 0.2) is 36.4 Å². The molecule has 1 heterocycles. The molecule has 0 aliphatic carbocycles. The average Bonchev–Trinajstić information content (AvgIpc) is 3.00. The molecule has 0 saturated heterocycles. The minimum atomic E-state index is -0.425. The molecule has 4 nitrogen and oxygen atoms in total. The Balaban J connectivity index is 1.99. The van der Waals surface area contributed by atoms with Gasteiger partial charge in [0.1, 0.15) is 11.9 Å². The molecule has 0 bridgehead atoms. The van der Waals surface area contributed by atoms with Crippen LogP contribution in [0.25, 0.3) is 10.4 Å². The van der Waals surface area contributed by atoms with Gasteiger partial charge in [-0.1, -0.05) is 0 Å². The Bertz CT molecular complexity index is 592. The van der Waals surface area contributed by atoms with Crippen LogP contribution >= 0.6 is 11.3 Å². The van der Waals surface area contributed by atoms with Gasteiger partial charge >= 0.3 is 0 Å². The Labute approximate surface area is 128 Å². The number of methoxy groups -OCH3 is 2. The molecular formula is C16H19NO3S. The van der Waals surface area contributed by atoms with Crippen molar-refractivity contribution in [3.8, 4) is 16.2 Å². The summed E-state index contributed by atoms with van der Waals surface area (Å²) in [5, 5.41) is 2.86. The second-order valence-electron chi connectivity index (χ2n) is 4.59. The van der Waals surface area contributed by atoms with Crippen LogP contribution in [0, 0.1) is 0 Å². The largest absolute Gasteiger partial charge is 0.497 e. The van der Waals surface area contributed by atoms with Crippen molar-refractivity contribution < 1.29 is 14.3 Å². The van der Waals surface area contributed by atoms with Crippen LogP contribution in [0.5, 0.6) is 5.75 Å². The third kappa shape index (κ3) is 4.06. The highest BCUT2D eigenvalue weighted by Crippen LogP contribution is 2.29. The lowest BCUT2D eigenvalue weighted by atomic mass is 10.2. The first-order valence-corrected chi connectivity index (χ1v) is 7.49. The standard InChI is InChI=1S/C16H19NO3S/c1-11(19-2)16(18)17-10-14-8-9-15(21-14)12-4-6-13(20-3)7-5-12/h4-9,11H,10H2,1-3H3,(H,17,18). The van der Waals surface area contributed by atoms with Gasteiger partial charge in [0.2, 0.25) is 5.91 Å². The van der Waals surface area contributed by atoms with Crippen molar-refractivity contribution in [1.82, 2.24) is 5.32 Å². The lowest BCUT2D eigenvalue weighted by Gasteiger charge is -2.09. The van der Waals surface area contributed by atoms with E-state index < -0.39 is 6.10 Å². The number of rotatable bonds is 6. The van der Waals surface area contributed by atoms with E-state index in [9.17, 15) is 4.79 Å². The zero-order valence-corrected chi connectivity index (χ0v) is 13.2. The predicted octanol–water partition coefficient (Wildman–Crippen LogP) is 3.07. The molecule has 1 aromatic carbocycles. The monoisotopic (exact) mass is 305 g/mol. The van der Waals surface area contributed by atoms with Gasteiger partial charge in [-0.2, -0.15) is 0 Å². The second kappa shape index (κ2) is 7.24. The maximum atomic E-state index is 11.6. The second-order valence-corrected chi connectivity index (χ2v) is 5.76. The van der Waals surface area contributed by atoms with Crippen molar-refractivity contribution in [2.45, 2.75) is 19.6 Å². The molecule has 1 aromatic heterocycles. The first-order chi connectivity index (χ1) is 10.1. The number of hydrogen-bond acceptors (Lipinski definition) is 4. The fourth-order valence-electron chi connectivity index (χ4n) is 1.81. The minimum absolute atomic E-state index is 0.100. The number of amides is 1. The van der Waals surface area contributed by atoms with Gasteiger partial charge in [0.15, 0.2) is 0 Å². The Morgan fingerprint density at radius 3 is 2.52 bits per heavy atom. The number of nitrogens with one attached hydrogen (secondary N) is 1. The molecule has 112 valence electrons. The number of hydrogen-bond donors (Lipinski definition) is 1. The Hall–Kier alpha value is -1.85. The maximum absolute atomic E-state index is 11.6. The van der Waals surface area contributed by atoms with Crippen LogP contribution in [-0.4, -0.2) is 26.2 Å². The summed E-state index contributed by atoms with van der Waals surface area (Å²) < 4.78 is 10.1. The highest BCUT2D eigenvalue weighted by Gasteiger charge is 2.11. The van der Waals surface area contributed by atoms with E-state index in [-0.39, 0.29) is 5.91 Å². The van der Waals surface area contributed by atoms with E-state index in [1.54, 1.807) is 25.4 Å². The highest BCUT2D eigenvalue weighted by molar-refractivity contribution is 7.15. The molecule has 0 fully saturated rings. The summed E-state index contributed by atoms with van der Waals surface area (Å²) in [7, 11) is 3.18. The van der Waals surface area contributed by atoms with E-state index in [1.807, 2.05) is 30.3 Å². The first kappa shape index (κ1) is 15.5. The maximum Gasteiger partial charge on any atom is 0.249 e.